The van der Waals surface area contributed by atoms with Crippen LogP contribution in [0.25, 0.3) is 0 Å². The summed E-state index contributed by atoms with van der Waals surface area (Å²) in [5, 5.41) is 0.103. The molecule has 3 atom stereocenters. The van der Waals surface area contributed by atoms with Gasteiger partial charge in [-0.2, -0.15) is 0 Å². The predicted molar refractivity (Wildman–Crippen MR) is 156 cm³/mol. The molecule has 0 heterocycles. The van der Waals surface area contributed by atoms with E-state index in [0.29, 0.717) is 6.42 Å². The SMILES string of the molecule is COCO[C@@]1(CC#CI)C(C#CI)=C[C@@H](O[Si](C)(C)C(C)(C)C)[C@@H]1O[Si](C)(C)C(C)(C)C. The van der Waals surface area contributed by atoms with Gasteiger partial charge in [-0.1, -0.05) is 53.4 Å². The van der Waals surface area contributed by atoms with E-state index in [2.05, 4.69) is 139 Å². The first kappa shape index (κ1) is 30.6. The van der Waals surface area contributed by atoms with Crippen LogP contribution < -0.4 is 0 Å². The van der Waals surface area contributed by atoms with Crippen molar-refractivity contribution in [3.8, 4) is 19.7 Å². The Hall–Kier alpha value is 0.594. The second kappa shape index (κ2) is 11.6. The maximum atomic E-state index is 7.08. The van der Waals surface area contributed by atoms with Gasteiger partial charge in [-0.25, -0.2) is 0 Å². The van der Waals surface area contributed by atoms with Crippen molar-refractivity contribution in [2.75, 3.05) is 13.9 Å². The zero-order chi connectivity index (χ0) is 25.0. The number of halogens is 2. The van der Waals surface area contributed by atoms with E-state index in [1.54, 1.807) is 7.11 Å². The monoisotopic (exact) mass is 702 g/mol. The molecule has 0 amide bonds. The molecule has 0 unspecified atom stereocenters. The fourth-order valence-electron chi connectivity index (χ4n) is 3.01. The van der Waals surface area contributed by atoms with Crippen LogP contribution in [0.15, 0.2) is 11.6 Å². The fourth-order valence-corrected chi connectivity index (χ4v) is 6.03. The van der Waals surface area contributed by atoms with Gasteiger partial charge in [0, 0.05) is 64.3 Å². The normalized spacial score (nSPS) is 24.3. The number of hydrogen-bond donors (Lipinski definition) is 0. The van der Waals surface area contributed by atoms with Gasteiger partial charge < -0.3 is 18.3 Å². The third-order valence-corrected chi connectivity index (χ3v) is 16.6. The predicted octanol–water partition coefficient (Wildman–Crippen LogP) is 7.25. The maximum Gasteiger partial charge on any atom is 0.193 e. The Kier molecular flexibility index (Phi) is 11.1. The van der Waals surface area contributed by atoms with Gasteiger partial charge in [0.2, 0.25) is 0 Å². The minimum Gasteiger partial charge on any atom is -0.408 e. The fraction of sp³-hybridized carbons (Fsp3) is 0.750. The molecule has 182 valence electrons. The molecule has 1 aliphatic carbocycles. The Morgan fingerprint density at radius 3 is 1.91 bits per heavy atom. The van der Waals surface area contributed by atoms with E-state index >= 15 is 0 Å². The van der Waals surface area contributed by atoms with Crippen molar-refractivity contribution >= 4 is 61.8 Å². The van der Waals surface area contributed by atoms with Crippen LogP contribution in [0.1, 0.15) is 48.0 Å². The summed E-state index contributed by atoms with van der Waals surface area (Å²) < 4.78 is 31.9. The van der Waals surface area contributed by atoms with E-state index < -0.39 is 22.2 Å². The summed E-state index contributed by atoms with van der Waals surface area (Å²) in [6.07, 6.45) is 1.98. The van der Waals surface area contributed by atoms with Gasteiger partial charge in [0.05, 0.1) is 6.10 Å². The van der Waals surface area contributed by atoms with Gasteiger partial charge in [-0.05, 0) is 50.2 Å². The van der Waals surface area contributed by atoms with Crippen LogP contribution in [0.3, 0.4) is 0 Å². The summed E-state index contributed by atoms with van der Waals surface area (Å²) in [7, 11) is -2.63. The third kappa shape index (κ3) is 7.06. The maximum absolute atomic E-state index is 7.08. The lowest BCUT2D eigenvalue weighted by atomic mass is 9.89. The Labute approximate surface area is 225 Å². The smallest absolute Gasteiger partial charge is 0.193 e. The molecule has 0 saturated heterocycles. The highest BCUT2D eigenvalue weighted by Crippen LogP contribution is 2.48. The number of rotatable bonds is 8. The van der Waals surface area contributed by atoms with Crippen LogP contribution in [0.2, 0.25) is 36.3 Å². The first-order chi connectivity index (χ1) is 14.5. The summed E-state index contributed by atoms with van der Waals surface area (Å²) in [5.74, 6) is 6.51. The molecule has 1 aliphatic rings. The molecule has 4 nitrogen and oxygen atoms in total. The molecule has 0 N–H and O–H groups in total. The lowest BCUT2D eigenvalue weighted by molar-refractivity contribution is -0.157. The van der Waals surface area contributed by atoms with E-state index in [1.165, 1.54) is 0 Å². The quantitative estimate of drug-likeness (QED) is 0.116. The number of ether oxygens (including phenoxy) is 2. The van der Waals surface area contributed by atoms with E-state index in [4.69, 9.17) is 18.3 Å². The Morgan fingerprint density at radius 1 is 0.938 bits per heavy atom. The zero-order valence-electron chi connectivity index (χ0n) is 21.5. The molecule has 0 aliphatic heterocycles. The van der Waals surface area contributed by atoms with Crippen LogP contribution in [0.5, 0.6) is 0 Å². The Morgan fingerprint density at radius 2 is 1.47 bits per heavy atom. The number of methoxy groups -OCH3 is 1. The second-order valence-electron chi connectivity index (χ2n) is 11.3. The van der Waals surface area contributed by atoms with Crippen molar-refractivity contribution in [1.29, 1.82) is 0 Å². The highest BCUT2D eigenvalue weighted by molar-refractivity contribution is 14.1. The first-order valence-electron chi connectivity index (χ1n) is 10.9. The van der Waals surface area contributed by atoms with Crippen LogP contribution in [0.4, 0.5) is 0 Å². The lowest BCUT2D eigenvalue weighted by Crippen LogP contribution is -2.58. The van der Waals surface area contributed by atoms with Gasteiger partial charge in [0.15, 0.2) is 16.6 Å². The topological polar surface area (TPSA) is 36.9 Å². The Bertz CT molecular complexity index is 804. The van der Waals surface area contributed by atoms with Crippen LogP contribution in [-0.2, 0) is 18.3 Å². The van der Waals surface area contributed by atoms with Crippen LogP contribution in [-0.4, -0.2) is 48.3 Å². The summed E-state index contributed by atoms with van der Waals surface area (Å²) in [6, 6.07) is 0. The Balaban J connectivity index is 3.70. The van der Waals surface area contributed by atoms with Gasteiger partial charge in [-0.3, -0.25) is 0 Å². The average Bonchev–Trinajstić information content (AvgIpc) is 2.89. The molecule has 8 heteroatoms. The molecule has 0 bridgehead atoms. The molecular formula is C24H40I2O4Si2. The third-order valence-electron chi connectivity index (χ3n) is 7.04. The molecule has 0 radical (unpaired) electrons. The minimum absolute atomic E-state index is 0.0359. The first-order valence-corrected chi connectivity index (χ1v) is 18.9. The van der Waals surface area contributed by atoms with Gasteiger partial charge in [0.1, 0.15) is 18.5 Å². The summed E-state index contributed by atoms with van der Waals surface area (Å²) in [4.78, 5) is 0. The molecule has 0 fully saturated rings. The molecule has 1 rings (SSSR count). The molecule has 0 aromatic heterocycles. The van der Waals surface area contributed by atoms with Crippen LogP contribution in [0, 0.1) is 19.7 Å². The van der Waals surface area contributed by atoms with Crippen molar-refractivity contribution in [3.63, 3.8) is 0 Å². The largest absolute Gasteiger partial charge is 0.408 e. The second-order valence-corrected chi connectivity index (χ2v) is 21.9. The molecule has 0 spiro atoms. The van der Waals surface area contributed by atoms with Crippen molar-refractivity contribution in [2.45, 2.75) is 102 Å². The van der Waals surface area contributed by atoms with Crippen molar-refractivity contribution < 1.29 is 18.3 Å². The van der Waals surface area contributed by atoms with Crippen LogP contribution >= 0.6 is 45.2 Å². The molecule has 0 saturated carbocycles. The van der Waals surface area contributed by atoms with Gasteiger partial charge >= 0.3 is 0 Å². The summed E-state index contributed by atoms with van der Waals surface area (Å²) in [5.41, 5.74) is 0.0325. The van der Waals surface area contributed by atoms with Crippen molar-refractivity contribution in [1.82, 2.24) is 0 Å². The van der Waals surface area contributed by atoms with E-state index in [0.717, 1.165) is 5.57 Å². The molecule has 32 heavy (non-hydrogen) atoms. The number of hydrogen-bond acceptors (Lipinski definition) is 4. The van der Waals surface area contributed by atoms with E-state index in [-0.39, 0.29) is 29.1 Å². The van der Waals surface area contributed by atoms with Crippen molar-refractivity contribution in [3.05, 3.63) is 11.6 Å². The zero-order valence-corrected chi connectivity index (χ0v) is 27.9. The summed E-state index contributed by atoms with van der Waals surface area (Å²) in [6.45, 7) is 22.7. The highest BCUT2D eigenvalue weighted by atomic mass is 127. The molecule has 0 aromatic carbocycles. The van der Waals surface area contributed by atoms with Gasteiger partial charge in [0.25, 0.3) is 0 Å². The molecule has 0 aromatic rings. The average molecular weight is 703 g/mol. The minimum atomic E-state index is -2.17. The highest BCUT2D eigenvalue weighted by Gasteiger charge is 2.57. The van der Waals surface area contributed by atoms with E-state index in [1.807, 2.05) is 0 Å². The molecular weight excluding hydrogens is 662 g/mol. The lowest BCUT2D eigenvalue weighted by Gasteiger charge is -2.47. The standard InChI is InChI=1S/C24H40I2O4Si2/c1-22(2,3)31(8,9)29-20-17-19(13-16-26)24(14-12-15-25,28-18-27-7)21(20)30-32(10,11)23(4,5)6/h17,20-21H,14,18H2,1-11H3/t20-,21+,24+/m1/s1. The van der Waals surface area contributed by atoms with Crippen molar-refractivity contribution in [2.24, 2.45) is 0 Å². The summed E-state index contributed by atoms with van der Waals surface area (Å²) >= 11 is 4.15. The van der Waals surface area contributed by atoms with Gasteiger partial charge in [-0.15, -0.1) is 0 Å². The van der Waals surface area contributed by atoms with E-state index in [9.17, 15) is 0 Å².